The second kappa shape index (κ2) is 5.75. The Hall–Kier alpha value is -1.72. The number of nitrogens with zero attached hydrogens (tertiary/aromatic N) is 1. The highest BCUT2D eigenvalue weighted by atomic mass is 35.5. The molecule has 1 unspecified atom stereocenters. The van der Waals surface area contributed by atoms with Gasteiger partial charge in [0, 0.05) is 18.0 Å². The molecule has 1 aromatic heterocycles. The van der Waals surface area contributed by atoms with Crippen LogP contribution in [0, 0.1) is 0 Å². The van der Waals surface area contributed by atoms with Crippen molar-refractivity contribution in [3.8, 4) is 0 Å². The zero-order chi connectivity index (χ0) is 12.4. The highest BCUT2D eigenvalue weighted by molar-refractivity contribution is 5.85. The molecule has 1 atom stereocenters. The molecule has 0 fully saturated rings. The largest absolute Gasteiger partial charge is 0.468 e. The smallest absolute Gasteiger partial charge is 0.322 e. The molecule has 18 heavy (non-hydrogen) atoms. The van der Waals surface area contributed by atoms with Crippen molar-refractivity contribution in [1.29, 1.82) is 0 Å². The Morgan fingerprint density at radius 1 is 1.50 bits per heavy atom. The Labute approximate surface area is 111 Å². The molecule has 0 saturated carbocycles. The van der Waals surface area contributed by atoms with Gasteiger partial charge in [0.2, 0.25) is 0 Å². The molecule has 0 bridgehead atoms. The number of ether oxygens (including phenoxy) is 1. The Bertz CT molecular complexity index is 553. The number of para-hydroxylation sites is 1. The van der Waals surface area contributed by atoms with Gasteiger partial charge in [-0.2, -0.15) is 4.73 Å². The summed E-state index contributed by atoms with van der Waals surface area (Å²) in [6, 6.07) is 6.66. The molecule has 5 nitrogen and oxygen atoms in total. The molecular weight excluding hydrogens is 256 g/mol. The number of hydrogen-bond acceptors (Lipinski definition) is 4. The fraction of sp³-hybridized carbons (Fsp3) is 0.250. The first-order valence-electron chi connectivity index (χ1n) is 5.25. The van der Waals surface area contributed by atoms with E-state index in [1.165, 1.54) is 7.11 Å². The molecule has 0 aliphatic heterocycles. The average molecular weight is 271 g/mol. The van der Waals surface area contributed by atoms with E-state index in [-0.39, 0.29) is 12.4 Å². The molecule has 0 saturated heterocycles. The van der Waals surface area contributed by atoms with Crippen molar-refractivity contribution in [2.45, 2.75) is 12.5 Å². The first kappa shape index (κ1) is 14.3. The number of hydrogen-bond donors (Lipinski definition) is 2. The van der Waals surface area contributed by atoms with Crippen LogP contribution in [0.15, 0.2) is 30.5 Å². The number of esters is 1. The van der Waals surface area contributed by atoms with E-state index >= 15 is 0 Å². The van der Waals surface area contributed by atoms with Crippen LogP contribution in [0.3, 0.4) is 0 Å². The lowest BCUT2D eigenvalue weighted by molar-refractivity contribution is -0.142. The van der Waals surface area contributed by atoms with E-state index in [1.54, 1.807) is 12.3 Å². The summed E-state index contributed by atoms with van der Waals surface area (Å²) >= 11 is 0. The van der Waals surface area contributed by atoms with Crippen LogP contribution in [0.1, 0.15) is 5.56 Å². The molecule has 0 aliphatic rings. The molecule has 2 rings (SSSR count). The fourth-order valence-electron chi connectivity index (χ4n) is 1.87. The molecule has 2 aromatic rings. The summed E-state index contributed by atoms with van der Waals surface area (Å²) in [4.78, 5) is 11.2. The van der Waals surface area contributed by atoms with Gasteiger partial charge < -0.3 is 15.7 Å². The van der Waals surface area contributed by atoms with Gasteiger partial charge in [0.1, 0.15) is 6.04 Å². The zero-order valence-electron chi connectivity index (χ0n) is 9.87. The molecule has 1 aromatic carbocycles. The molecule has 98 valence electrons. The Morgan fingerprint density at radius 3 is 2.83 bits per heavy atom. The van der Waals surface area contributed by atoms with Crippen molar-refractivity contribution in [3.05, 3.63) is 36.0 Å². The molecule has 1 heterocycles. The van der Waals surface area contributed by atoms with Crippen LogP contribution in [0.25, 0.3) is 10.9 Å². The van der Waals surface area contributed by atoms with Crippen molar-refractivity contribution < 1.29 is 14.7 Å². The fourth-order valence-corrected chi connectivity index (χ4v) is 1.87. The molecule has 6 heteroatoms. The Balaban J connectivity index is 0.00000162. The van der Waals surface area contributed by atoms with Gasteiger partial charge in [-0.1, -0.05) is 18.2 Å². The van der Waals surface area contributed by atoms with Gasteiger partial charge in [0.05, 0.1) is 12.6 Å². The summed E-state index contributed by atoms with van der Waals surface area (Å²) in [5, 5.41) is 10.5. The summed E-state index contributed by atoms with van der Waals surface area (Å²) in [7, 11) is 1.30. The maximum absolute atomic E-state index is 11.2. The van der Waals surface area contributed by atoms with E-state index in [1.807, 2.05) is 18.2 Å². The number of rotatable bonds is 3. The SMILES string of the molecule is COC(=O)C(N)Cc1cn(O)c2ccccc12.Cl. The van der Waals surface area contributed by atoms with E-state index in [0.717, 1.165) is 15.7 Å². The predicted octanol–water partition coefficient (Wildman–Crippen LogP) is 1.34. The number of benzene rings is 1. The van der Waals surface area contributed by atoms with Crippen molar-refractivity contribution in [2.24, 2.45) is 5.73 Å². The topological polar surface area (TPSA) is 77.5 Å². The van der Waals surface area contributed by atoms with E-state index in [9.17, 15) is 10.0 Å². The summed E-state index contributed by atoms with van der Waals surface area (Å²) in [5.41, 5.74) is 7.21. The molecular formula is C12H15ClN2O3. The van der Waals surface area contributed by atoms with E-state index in [2.05, 4.69) is 4.74 Å². The van der Waals surface area contributed by atoms with Gasteiger partial charge in [-0.15, -0.1) is 12.4 Å². The molecule has 0 radical (unpaired) electrons. The third kappa shape index (κ3) is 2.57. The van der Waals surface area contributed by atoms with Crippen molar-refractivity contribution >= 4 is 29.3 Å². The third-order valence-electron chi connectivity index (χ3n) is 2.72. The van der Waals surface area contributed by atoms with E-state index in [4.69, 9.17) is 5.73 Å². The minimum absolute atomic E-state index is 0. The highest BCUT2D eigenvalue weighted by Gasteiger charge is 2.17. The Kier molecular flexibility index (Phi) is 4.58. The van der Waals surface area contributed by atoms with Crippen molar-refractivity contribution in [3.63, 3.8) is 0 Å². The molecule has 0 aliphatic carbocycles. The lowest BCUT2D eigenvalue weighted by Crippen LogP contribution is -2.33. The minimum atomic E-state index is -0.717. The first-order chi connectivity index (χ1) is 8.13. The van der Waals surface area contributed by atoms with Crippen LogP contribution < -0.4 is 5.73 Å². The van der Waals surface area contributed by atoms with Gasteiger partial charge in [0.15, 0.2) is 0 Å². The predicted molar refractivity (Wildman–Crippen MR) is 70.1 cm³/mol. The minimum Gasteiger partial charge on any atom is -0.468 e. The zero-order valence-corrected chi connectivity index (χ0v) is 10.7. The number of methoxy groups -OCH3 is 1. The molecule has 3 N–H and O–H groups in total. The number of aromatic nitrogens is 1. The van der Waals surface area contributed by atoms with Gasteiger partial charge in [-0.3, -0.25) is 4.79 Å². The lowest BCUT2D eigenvalue weighted by Gasteiger charge is -2.07. The first-order valence-corrected chi connectivity index (χ1v) is 5.25. The highest BCUT2D eigenvalue weighted by Crippen LogP contribution is 2.21. The quantitative estimate of drug-likeness (QED) is 0.652. The summed E-state index contributed by atoms with van der Waals surface area (Å²) in [5.74, 6) is -0.459. The number of carbonyl (C=O) groups is 1. The number of halogens is 1. The second-order valence-corrected chi connectivity index (χ2v) is 3.85. The van der Waals surface area contributed by atoms with Gasteiger partial charge in [0.25, 0.3) is 0 Å². The second-order valence-electron chi connectivity index (χ2n) is 3.85. The van der Waals surface area contributed by atoms with Crippen molar-refractivity contribution in [2.75, 3.05) is 7.11 Å². The van der Waals surface area contributed by atoms with Crippen LogP contribution in [0.4, 0.5) is 0 Å². The van der Waals surface area contributed by atoms with Crippen LogP contribution >= 0.6 is 12.4 Å². The molecule has 0 spiro atoms. The van der Waals surface area contributed by atoms with Gasteiger partial charge in [-0.25, -0.2) is 0 Å². The Morgan fingerprint density at radius 2 is 2.17 bits per heavy atom. The number of nitrogens with two attached hydrogens (primary N) is 1. The normalized spacial score (nSPS) is 11.9. The van der Waals surface area contributed by atoms with Gasteiger partial charge >= 0.3 is 5.97 Å². The lowest BCUT2D eigenvalue weighted by atomic mass is 10.1. The standard InChI is InChI=1S/C12H14N2O3.ClH/c1-17-12(15)10(13)6-8-7-14(16)11-5-3-2-4-9(8)11;/h2-5,7,10,16H,6,13H2,1H3;1H. The maximum Gasteiger partial charge on any atom is 0.322 e. The van der Waals surface area contributed by atoms with E-state index < -0.39 is 12.0 Å². The van der Waals surface area contributed by atoms with E-state index in [0.29, 0.717) is 11.9 Å². The summed E-state index contributed by atoms with van der Waals surface area (Å²) in [6.45, 7) is 0. The third-order valence-corrected chi connectivity index (χ3v) is 2.72. The summed E-state index contributed by atoms with van der Waals surface area (Å²) < 4.78 is 5.61. The summed E-state index contributed by atoms with van der Waals surface area (Å²) in [6.07, 6.45) is 1.90. The number of carbonyl (C=O) groups excluding carboxylic acids is 1. The monoisotopic (exact) mass is 270 g/mol. The average Bonchev–Trinajstić information content (AvgIpc) is 2.66. The maximum atomic E-state index is 11.2. The van der Waals surface area contributed by atoms with Crippen LogP contribution in [-0.4, -0.2) is 29.1 Å². The van der Waals surface area contributed by atoms with Crippen molar-refractivity contribution in [1.82, 2.24) is 4.73 Å². The van der Waals surface area contributed by atoms with Gasteiger partial charge in [-0.05, 0) is 11.6 Å². The van der Waals surface area contributed by atoms with Crippen LogP contribution in [0.2, 0.25) is 0 Å². The molecule has 0 amide bonds. The number of fused-ring (bicyclic) bond motifs is 1. The van der Waals surface area contributed by atoms with Crippen LogP contribution in [0.5, 0.6) is 0 Å². The van der Waals surface area contributed by atoms with Crippen LogP contribution in [-0.2, 0) is 16.0 Å².